The molecule has 0 aromatic carbocycles. The van der Waals surface area contributed by atoms with Crippen LogP contribution in [0.25, 0.3) is 0 Å². The van der Waals surface area contributed by atoms with E-state index < -0.39 is 0 Å². The van der Waals surface area contributed by atoms with Gasteiger partial charge in [-0.25, -0.2) is 4.79 Å². The summed E-state index contributed by atoms with van der Waals surface area (Å²) in [6, 6.07) is 2.29. The maximum atomic E-state index is 11.7. The second-order valence-electron chi connectivity index (χ2n) is 5.01. The molecule has 4 heteroatoms. The Morgan fingerprint density at radius 1 is 1.29 bits per heavy atom. The predicted octanol–water partition coefficient (Wildman–Crippen LogP) is 2.39. The Hall–Kier alpha value is -1.50. The van der Waals surface area contributed by atoms with Gasteiger partial charge in [0, 0.05) is 25.5 Å². The van der Waals surface area contributed by atoms with E-state index in [9.17, 15) is 4.79 Å². The van der Waals surface area contributed by atoms with Gasteiger partial charge in [0.05, 0.1) is 11.5 Å². The molecule has 0 atom stereocenters. The molecular weight excluding hydrogens is 214 g/mol. The highest BCUT2D eigenvalue weighted by Gasteiger charge is 2.15. The minimum atomic E-state index is -0.250. The molecule has 4 nitrogen and oxygen atoms in total. The van der Waals surface area contributed by atoms with Gasteiger partial charge in [-0.2, -0.15) is 5.26 Å². The van der Waals surface area contributed by atoms with Crippen LogP contribution in [0.3, 0.4) is 0 Å². The normalized spacial score (nSPS) is 11.4. The second-order valence-corrected chi connectivity index (χ2v) is 5.01. The number of aromatic nitrogens is 2. The summed E-state index contributed by atoms with van der Waals surface area (Å²) < 4.78 is 3.43. The van der Waals surface area contributed by atoms with E-state index in [1.165, 1.54) is 0 Å². The van der Waals surface area contributed by atoms with E-state index in [1.54, 1.807) is 9.13 Å². The highest BCUT2D eigenvalue weighted by Crippen LogP contribution is 2.21. The van der Waals surface area contributed by atoms with Gasteiger partial charge in [0.1, 0.15) is 0 Å². The molecule has 0 saturated heterocycles. The van der Waals surface area contributed by atoms with E-state index >= 15 is 0 Å². The summed E-state index contributed by atoms with van der Waals surface area (Å²) in [5.74, 6) is 0. The Balaban J connectivity index is 2.40. The highest BCUT2D eigenvalue weighted by molar-refractivity contribution is 4.91. The van der Waals surface area contributed by atoms with Crippen molar-refractivity contribution in [1.29, 1.82) is 5.26 Å². The van der Waals surface area contributed by atoms with Crippen LogP contribution in [-0.2, 0) is 13.1 Å². The first kappa shape index (κ1) is 13.6. The minimum absolute atomic E-state index is 0.0621. The molecule has 0 aliphatic rings. The van der Waals surface area contributed by atoms with Crippen molar-refractivity contribution in [1.82, 2.24) is 9.13 Å². The van der Waals surface area contributed by atoms with Gasteiger partial charge in [-0.3, -0.25) is 9.13 Å². The molecule has 0 fully saturated rings. The van der Waals surface area contributed by atoms with Crippen molar-refractivity contribution < 1.29 is 0 Å². The molecule has 1 aromatic heterocycles. The Kier molecular flexibility index (Phi) is 4.56. The molecule has 1 heterocycles. The number of hydrogen-bond donors (Lipinski definition) is 0. The molecule has 0 N–H and O–H groups in total. The molecule has 0 amide bonds. The van der Waals surface area contributed by atoms with Crippen molar-refractivity contribution in [2.45, 2.75) is 53.1 Å². The molecule has 1 aromatic rings. The second kappa shape index (κ2) is 5.72. The van der Waals surface area contributed by atoms with Crippen molar-refractivity contribution in [2.75, 3.05) is 0 Å². The van der Waals surface area contributed by atoms with Crippen LogP contribution in [0.5, 0.6) is 0 Å². The van der Waals surface area contributed by atoms with E-state index in [4.69, 9.17) is 5.26 Å². The first-order valence-corrected chi connectivity index (χ1v) is 6.17. The fourth-order valence-electron chi connectivity index (χ4n) is 1.77. The van der Waals surface area contributed by atoms with Gasteiger partial charge in [0.25, 0.3) is 0 Å². The Morgan fingerprint density at radius 2 is 1.94 bits per heavy atom. The number of rotatable bonds is 6. The summed E-state index contributed by atoms with van der Waals surface area (Å²) in [7, 11) is 0. The van der Waals surface area contributed by atoms with Crippen molar-refractivity contribution in [3.05, 3.63) is 22.9 Å². The van der Waals surface area contributed by atoms with Crippen LogP contribution in [0.1, 0.15) is 40.0 Å². The van der Waals surface area contributed by atoms with Crippen molar-refractivity contribution >= 4 is 0 Å². The lowest BCUT2D eigenvalue weighted by Crippen LogP contribution is -2.23. The molecule has 0 spiro atoms. The van der Waals surface area contributed by atoms with Crippen LogP contribution in [0.4, 0.5) is 0 Å². The molecule has 1 rings (SSSR count). The number of hydrogen-bond acceptors (Lipinski definition) is 2. The van der Waals surface area contributed by atoms with Crippen LogP contribution in [0.15, 0.2) is 17.2 Å². The largest absolute Gasteiger partial charge is 0.328 e. The maximum absolute atomic E-state index is 11.7. The number of nitriles is 1. The van der Waals surface area contributed by atoms with Gasteiger partial charge in [0.15, 0.2) is 0 Å². The van der Waals surface area contributed by atoms with E-state index in [2.05, 4.69) is 6.07 Å². The highest BCUT2D eigenvalue weighted by atomic mass is 16.1. The fraction of sp³-hybridized carbons (Fsp3) is 0.692. The Bertz CT molecular complexity index is 448. The van der Waals surface area contributed by atoms with Gasteiger partial charge < -0.3 is 0 Å². The van der Waals surface area contributed by atoms with E-state index in [-0.39, 0.29) is 11.1 Å². The summed E-state index contributed by atoms with van der Waals surface area (Å²) in [5, 5.41) is 8.88. The van der Waals surface area contributed by atoms with E-state index in [0.29, 0.717) is 6.54 Å². The van der Waals surface area contributed by atoms with Crippen LogP contribution < -0.4 is 5.69 Å². The lowest BCUT2D eigenvalue weighted by Gasteiger charge is -2.14. The standard InChI is InChI=1S/C13H21N3O/c1-4-15-9-10-16(12(15)17)8-6-5-7-13(2,3)11-14/h9-10H,4-8H2,1-3H3. The predicted molar refractivity (Wildman–Crippen MR) is 67.6 cm³/mol. The number of aryl methyl sites for hydroxylation is 2. The average Bonchev–Trinajstić information content (AvgIpc) is 2.66. The minimum Gasteiger partial charge on any atom is -0.300 e. The van der Waals surface area contributed by atoms with Crippen LogP contribution >= 0.6 is 0 Å². The fourth-order valence-corrected chi connectivity index (χ4v) is 1.77. The number of unbranched alkanes of at least 4 members (excludes halogenated alkanes) is 1. The van der Waals surface area contributed by atoms with E-state index in [0.717, 1.165) is 25.8 Å². The van der Waals surface area contributed by atoms with Crippen molar-refractivity contribution in [2.24, 2.45) is 5.41 Å². The summed E-state index contributed by atoms with van der Waals surface area (Å²) in [6.45, 7) is 7.32. The van der Waals surface area contributed by atoms with Crippen molar-refractivity contribution in [3.63, 3.8) is 0 Å². The molecule has 94 valence electrons. The average molecular weight is 235 g/mol. The summed E-state index contributed by atoms with van der Waals surface area (Å²) in [4.78, 5) is 11.7. The molecule has 0 bridgehead atoms. The van der Waals surface area contributed by atoms with Gasteiger partial charge >= 0.3 is 5.69 Å². The molecule has 0 aliphatic heterocycles. The zero-order valence-corrected chi connectivity index (χ0v) is 10.9. The third kappa shape index (κ3) is 3.77. The summed E-state index contributed by atoms with van der Waals surface area (Å²) >= 11 is 0. The topological polar surface area (TPSA) is 50.7 Å². The van der Waals surface area contributed by atoms with E-state index in [1.807, 2.05) is 33.2 Å². The maximum Gasteiger partial charge on any atom is 0.328 e. The van der Waals surface area contributed by atoms with Crippen LogP contribution in [0.2, 0.25) is 0 Å². The monoisotopic (exact) mass is 235 g/mol. The zero-order valence-electron chi connectivity index (χ0n) is 10.9. The van der Waals surface area contributed by atoms with Gasteiger partial charge in [-0.1, -0.05) is 6.42 Å². The smallest absolute Gasteiger partial charge is 0.300 e. The summed E-state index contributed by atoms with van der Waals surface area (Å²) in [5.41, 5.74) is -0.188. The Morgan fingerprint density at radius 3 is 2.47 bits per heavy atom. The third-order valence-electron chi connectivity index (χ3n) is 3.01. The summed E-state index contributed by atoms with van der Waals surface area (Å²) in [6.07, 6.45) is 6.46. The lowest BCUT2D eigenvalue weighted by molar-refractivity contribution is 0.415. The molecule has 0 radical (unpaired) electrons. The Labute approximate surface area is 102 Å². The zero-order chi connectivity index (χ0) is 12.9. The van der Waals surface area contributed by atoms with Crippen LogP contribution in [-0.4, -0.2) is 9.13 Å². The molecule has 0 aliphatic carbocycles. The quantitative estimate of drug-likeness (QED) is 0.711. The molecule has 17 heavy (non-hydrogen) atoms. The van der Waals surface area contributed by atoms with Gasteiger partial charge in [-0.05, 0) is 33.6 Å². The SMILES string of the molecule is CCn1ccn(CCCCC(C)(C)C#N)c1=O. The van der Waals surface area contributed by atoms with Crippen molar-refractivity contribution in [3.8, 4) is 6.07 Å². The molecule has 0 unspecified atom stereocenters. The number of nitrogens with zero attached hydrogens (tertiary/aromatic N) is 3. The van der Waals surface area contributed by atoms with Gasteiger partial charge in [-0.15, -0.1) is 0 Å². The lowest BCUT2D eigenvalue weighted by atomic mass is 9.89. The molecule has 0 saturated carbocycles. The number of imidazole rings is 1. The van der Waals surface area contributed by atoms with Gasteiger partial charge in [0.2, 0.25) is 0 Å². The molecular formula is C13H21N3O. The first-order chi connectivity index (χ1) is 8.00. The third-order valence-corrected chi connectivity index (χ3v) is 3.01. The van der Waals surface area contributed by atoms with Crippen LogP contribution in [0, 0.1) is 16.7 Å². The first-order valence-electron chi connectivity index (χ1n) is 6.17.